The Balaban J connectivity index is 1.34. The van der Waals surface area contributed by atoms with E-state index in [1.807, 2.05) is 47.9 Å². The minimum Gasteiger partial charge on any atom is -0.349 e. The average Bonchev–Trinajstić information content (AvgIpc) is 2.75. The van der Waals surface area contributed by atoms with Crippen LogP contribution < -0.4 is 5.32 Å². The maximum absolute atomic E-state index is 12.6. The van der Waals surface area contributed by atoms with Crippen molar-refractivity contribution < 1.29 is 9.59 Å². The summed E-state index contributed by atoms with van der Waals surface area (Å²) in [6.45, 7) is 6.25. The summed E-state index contributed by atoms with van der Waals surface area (Å²) in [4.78, 5) is 30.4. The Hall–Kier alpha value is -2.31. The van der Waals surface area contributed by atoms with Crippen molar-refractivity contribution in [1.29, 1.82) is 0 Å². The molecule has 1 aliphatic heterocycles. The van der Waals surface area contributed by atoms with Crippen LogP contribution in [0.3, 0.4) is 0 Å². The molecule has 1 aliphatic rings. The molecule has 1 unspecified atom stereocenters. The summed E-state index contributed by atoms with van der Waals surface area (Å²) in [5.41, 5.74) is 0.619. The number of rotatable bonds is 8. The van der Waals surface area contributed by atoms with Crippen molar-refractivity contribution in [2.45, 2.75) is 24.3 Å². The van der Waals surface area contributed by atoms with E-state index in [1.165, 1.54) is 4.90 Å². The molecule has 6 heteroatoms. The van der Waals surface area contributed by atoms with E-state index in [9.17, 15) is 9.59 Å². The van der Waals surface area contributed by atoms with E-state index in [2.05, 4.69) is 34.5 Å². The van der Waals surface area contributed by atoms with Gasteiger partial charge in [-0.15, -0.1) is 11.8 Å². The van der Waals surface area contributed by atoms with Crippen LogP contribution in [0.4, 0.5) is 0 Å². The summed E-state index contributed by atoms with van der Waals surface area (Å²) in [6.07, 6.45) is 0.336. The van der Waals surface area contributed by atoms with E-state index in [1.54, 1.807) is 12.1 Å². The number of nitrogens with zero attached hydrogens (tertiary/aromatic N) is 2. The molecule has 1 fully saturated rings. The zero-order valence-corrected chi connectivity index (χ0v) is 17.7. The van der Waals surface area contributed by atoms with Crippen LogP contribution in [0.1, 0.15) is 23.7 Å². The molecule has 2 aromatic carbocycles. The number of amides is 2. The fourth-order valence-electron chi connectivity index (χ4n) is 3.37. The lowest BCUT2D eigenvalue weighted by molar-refractivity contribution is -0.133. The van der Waals surface area contributed by atoms with Crippen molar-refractivity contribution in [3.05, 3.63) is 66.2 Å². The van der Waals surface area contributed by atoms with Crippen LogP contribution in [0.2, 0.25) is 0 Å². The summed E-state index contributed by atoms with van der Waals surface area (Å²) < 4.78 is 0. The van der Waals surface area contributed by atoms with Crippen molar-refractivity contribution >= 4 is 23.6 Å². The largest absolute Gasteiger partial charge is 0.349 e. The number of carbonyl (C=O) groups is 2. The van der Waals surface area contributed by atoms with Gasteiger partial charge in [-0.25, -0.2) is 0 Å². The lowest BCUT2D eigenvalue weighted by Gasteiger charge is -2.35. The molecule has 0 aromatic heterocycles. The summed E-state index contributed by atoms with van der Waals surface area (Å²) >= 11 is 1.87. The summed E-state index contributed by atoms with van der Waals surface area (Å²) in [7, 11) is 0. The highest BCUT2D eigenvalue weighted by molar-refractivity contribution is 7.99. The summed E-state index contributed by atoms with van der Waals surface area (Å²) in [6, 6.07) is 19.4. The number of hydrogen-bond donors (Lipinski definition) is 1. The SMILES string of the molecule is CC(CC(=O)N1CCN(CCSc2ccccc2)CC1)NC(=O)c1ccccc1. The maximum Gasteiger partial charge on any atom is 0.251 e. The maximum atomic E-state index is 12.6. The summed E-state index contributed by atoms with van der Waals surface area (Å²) in [5.74, 6) is 1.04. The fourth-order valence-corrected chi connectivity index (χ4v) is 4.30. The molecule has 0 radical (unpaired) electrons. The number of benzene rings is 2. The summed E-state index contributed by atoms with van der Waals surface area (Å²) in [5, 5.41) is 2.92. The molecular weight excluding hydrogens is 382 g/mol. The monoisotopic (exact) mass is 411 g/mol. The second-order valence-electron chi connectivity index (χ2n) is 7.33. The van der Waals surface area contributed by atoms with Crippen LogP contribution in [0.5, 0.6) is 0 Å². The van der Waals surface area contributed by atoms with Gasteiger partial charge in [0, 0.05) is 61.4 Å². The second-order valence-corrected chi connectivity index (χ2v) is 8.50. The Morgan fingerprint density at radius 3 is 2.24 bits per heavy atom. The van der Waals surface area contributed by atoms with Crippen molar-refractivity contribution in [1.82, 2.24) is 15.1 Å². The first-order chi connectivity index (χ1) is 14.1. The van der Waals surface area contributed by atoms with Crippen LogP contribution in [0.25, 0.3) is 0 Å². The van der Waals surface area contributed by atoms with E-state index in [0.29, 0.717) is 12.0 Å². The van der Waals surface area contributed by atoms with Crippen molar-refractivity contribution in [2.75, 3.05) is 38.5 Å². The van der Waals surface area contributed by atoms with Gasteiger partial charge in [0.2, 0.25) is 5.91 Å². The molecule has 154 valence electrons. The molecule has 2 amide bonds. The van der Waals surface area contributed by atoms with Crippen LogP contribution in [-0.2, 0) is 4.79 Å². The highest BCUT2D eigenvalue weighted by Gasteiger charge is 2.22. The first-order valence-corrected chi connectivity index (χ1v) is 11.1. The van der Waals surface area contributed by atoms with E-state index in [4.69, 9.17) is 0 Å². The molecule has 1 saturated heterocycles. The van der Waals surface area contributed by atoms with E-state index in [-0.39, 0.29) is 17.9 Å². The zero-order valence-electron chi connectivity index (χ0n) is 16.9. The van der Waals surface area contributed by atoms with Gasteiger partial charge >= 0.3 is 0 Å². The predicted molar refractivity (Wildman–Crippen MR) is 118 cm³/mol. The normalized spacial score (nSPS) is 15.7. The van der Waals surface area contributed by atoms with Crippen LogP contribution in [0, 0.1) is 0 Å². The van der Waals surface area contributed by atoms with Gasteiger partial charge in [-0.1, -0.05) is 36.4 Å². The molecule has 1 heterocycles. The predicted octanol–water partition coefficient (Wildman–Crippen LogP) is 3.13. The Kier molecular flexibility index (Phi) is 8.14. The standard InChI is InChI=1S/C23H29N3O2S/c1-19(24-23(28)20-8-4-2-5-9-20)18-22(27)26-14-12-25(13-15-26)16-17-29-21-10-6-3-7-11-21/h2-11,19H,12-18H2,1H3,(H,24,28). The van der Waals surface area contributed by atoms with Gasteiger partial charge in [0.1, 0.15) is 0 Å². The van der Waals surface area contributed by atoms with Gasteiger partial charge in [-0.3, -0.25) is 14.5 Å². The third-order valence-corrected chi connectivity index (χ3v) is 6.03. The fraction of sp³-hybridized carbons (Fsp3) is 0.391. The Morgan fingerprint density at radius 1 is 0.966 bits per heavy atom. The molecular formula is C23H29N3O2S. The first-order valence-electron chi connectivity index (χ1n) is 10.2. The third kappa shape index (κ3) is 6.91. The number of nitrogens with one attached hydrogen (secondary N) is 1. The Morgan fingerprint density at radius 2 is 1.59 bits per heavy atom. The minimum absolute atomic E-state index is 0.115. The van der Waals surface area contributed by atoms with Crippen molar-refractivity contribution in [3.63, 3.8) is 0 Å². The Bertz CT molecular complexity index is 777. The minimum atomic E-state index is -0.185. The van der Waals surface area contributed by atoms with Crippen LogP contribution in [-0.4, -0.2) is 66.1 Å². The average molecular weight is 412 g/mol. The lowest BCUT2D eigenvalue weighted by atomic mass is 10.1. The molecule has 29 heavy (non-hydrogen) atoms. The highest BCUT2D eigenvalue weighted by Crippen LogP contribution is 2.17. The van der Waals surface area contributed by atoms with Crippen LogP contribution >= 0.6 is 11.8 Å². The van der Waals surface area contributed by atoms with Gasteiger partial charge in [-0.2, -0.15) is 0 Å². The van der Waals surface area contributed by atoms with Gasteiger partial charge in [-0.05, 0) is 31.2 Å². The van der Waals surface area contributed by atoms with E-state index < -0.39 is 0 Å². The van der Waals surface area contributed by atoms with Crippen LogP contribution in [0.15, 0.2) is 65.6 Å². The molecule has 0 spiro atoms. The number of hydrogen-bond acceptors (Lipinski definition) is 4. The molecule has 5 nitrogen and oxygen atoms in total. The lowest BCUT2D eigenvalue weighted by Crippen LogP contribution is -2.50. The van der Waals surface area contributed by atoms with E-state index >= 15 is 0 Å². The third-order valence-electron chi connectivity index (χ3n) is 5.04. The molecule has 1 N–H and O–H groups in total. The molecule has 2 aromatic rings. The van der Waals surface area contributed by atoms with Crippen molar-refractivity contribution in [3.8, 4) is 0 Å². The zero-order chi connectivity index (χ0) is 20.5. The number of thioether (sulfide) groups is 1. The molecule has 0 bridgehead atoms. The van der Waals surface area contributed by atoms with E-state index in [0.717, 1.165) is 38.5 Å². The molecule has 0 aliphatic carbocycles. The number of carbonyl (C=O) groups excluding carboxylic acids is 2. The second kappa shape index (κ2) is 11.0. The topological polar surface area (TPSA) is 52.7 Å². The molecule has 0 saturated carbocycles. The first kappa shape index (κ1) is 21.4. The van der Waals surface area contributed by atoms with Gasteiger partial charge in [0.25, 0.3) is 5.91 Å². The molecule has 1 atom stereocenters. The number of piperazine rings is 1. The van der Waals surface area contributed by atoms with Gasteiger partial charge in [0.05, 0.1) is 0 Å². The molecule has 3 rings (SSSR count). The highest BCUT2D eigenvalue weighted by atomic mass is 32.2. The van der Waals surface area contributed by atoms with Gasteiger partial charge < -0.3 is 10.2 Å². The van der Waals surface area contributed by atoms with Gasteiger partial charge in [0.15, 0.2) is 0 Å². The smallest absolute Gasteiger partial charge is 0.251 e. The Labute approximate surface area is 177 Å². The van der Waals surface area contributed by atoms with Crippen molar-refractivity contribution in [2.24, 2.45) is 0 Å². The quantitative estimate of drug-likeness (QED) is 0.678.